The van der Waals surface area contributed by atoms with Gasteiger partial charge in [-0.25, -0.2) is 9.98 Å². The van der Waals surface area contributed by atoms with Crippen LogP contribution in [-0.2, 0) is 11.3 Å². The van der Waals surface area contributed by atoms with Gasteiger partial charge in [-0.1, -0.05) is 24.6 Å². The molecule has 0 radical (unpaired) electrons. The number of benzene rings is 1. The summed E-state index contributed by atoms with van der Waals surface area (Å²) in [6, 6.07) is 14.1. The van der Waals surface area contributed by atoms with Gasteiger partial charge in [0.05, 0.1) is 6.54 Å². The standard InChI is InChI=1S/C24H32N6O/c1-2-25-24(30-15-13-29(14-16-30)22-11-3-4-12-26-22)27-18-19-7-5-10-21(17-19)28-23(31)20-8-6-9-20/h3-5,7,10-12,17,20H,2,6,8-9,13-16,18H2,1H3,(H,25,27)(H,28,31). The number of amides is 1. The van der Waals surface area contributed by atoms with Crippen LogP contribution in [0.3, 0.4) is 0 Å². The lowest BCUT2D eigenvalue weighted by molar-refractivity contribution is -0.122. The maximum atomic E-state index is 12.2. The first-order chi connectivity index (χ1) is 15.2. The van der Waals surface area contributed by atoms with E-state index in [1.54, 1.807) is 0 Å². The van der Waals surface area contributed by atoms with Crippen molar-refractivity contribution < 1.29 is 4.79 Å². The summed E-state index contributed by atoms with van der Waals surface area (Å²) >= 11 is 0. The molecule has 0 atom stereocenters. The maximum Gasteiger partial charge on any atom is 0.227 e. The van der Waals surface area contributed by atoms with Gasteiger partial charge in [-0.15, -0.1) is 0 Å². The molecule has 1 aliphatic heterocycles. The molecule has 1 aliphatic carbocycles. The fourth-order valence-corrected chi connectivity index (χ4v) is 3.94. The monoisotopic (exact) mass is 420 g/mol. The Kier molecular flexibility index (Phi) is 7.02. The number of anilines is 2. The van der Waals surface area contributed by atoms with E-state index < -0.39 is 0 Å². The first-order valence-corrected chi connectivity index (χ1v) is 11.3. The third kappa shape index (κ3) is 5.54. The van der Waals surface area contributed by atoms with Crippen LogP contribution < -0.4 is 15.5 Å². The Morgan fingerprint density at radius 2 is 1.97 bits per heavy atom. The number of nitrogens with one attached hydrogen (secondary N) is 2. The number of guanidine groups is 1. The summed E-state index contributed by atoms with van der Waals surface area (Å²) < 4.78 is 0. The van der Waals surface area contributed by atoms with Gasteiger partial charge in [0, 0.05) is 50.5 Å². The van der Waals surface area contributed by atoms with Gasteiger partial charge in [0.2, 0.25) is 5.91 Å². The van der Waals surface area contributed by atoms with E-state index in [1.807, 2.05) is 36.5 Å². The molecule has 2 N–H and O–H groups in total. The summed E-state index contributed by atoms with van der Waals surface area (Å²) in [5, 5.41) is 6.48. The summed E-state index contributed by atoms with van der Waals surface area (Å²) in [5.41, 5.74) is 1.95. The predicted molar refractivity (Wildman–Crippen MR) is 125 cm³/mol. The number of aliphatic imine (C=N–C) groups is 1. The Hall–Kier alpha value is -3.09. The van der Waals surface area contributed by atoms with Crippen molar-refractivity contribution in [1.82, 2.24) is 15.2 Å². The van der Waals surface area contributed by atoms with Crippen LogP contribution in [0.25, 0.3) is 0 Å². The summed E-state index contributed by atoms with van der Waals surface area (Å²) in [4.78, 5) is 26.2. The lowest BCUT2D eigenvalue weighted by Crippen LogP contribution is -2.52. The molecule has 7 heteroatoms. The maximum absolute atomic E-state index is 12.2. The molecule has 2 aliphatic rings. The molecule has 7 nitrogen and oxygen atoms in total. The molecule has 0 bridgehead atoms. The minimum absolute atomic E-state index is 0.144. The third-order valence-corrected chi connectivity index (χ3v) is 5.97. The molecule has 1 saturated carbocycles. The highest BCUT2D eigenvalue weighted by molar-refractivity contribution is 5.93. The number of carbonyl (C=O) groups excluding carboxylic acids is 1. The van der Waals surface area contributed by atoms with Crippen molar-refractivity contribution in [3.63, 3.8) is 0 Å². The number of hydrogen-bond acceptors (Lipinski definition) is 4. The molecule has 4 rings (SSSR count). The Morgan fingerprint density at radius 3 is 2.65 bits per heavy atom. The van der Waals surface area contributed by atoms with Gasteiger partial charge in [-0.2, -0.15) is 0 Å². The van der Waals surface area contributed by atoms with Gasteiger partial charge in [-0.05, 0) is 49.6 Å². The van der Waals surface area contributed by atoms with Gasteiger partial charge < -0.3 is 20.4 Å². The lowest BCUT2D eigenvalue weighted by Gasteiger charge is -2.37. The number of nitrogens with zero attached hydrogens (tertiary/aromatic N) is 4. The van der Waals surface area contributed by atoms with Crippen LogP contribution in [0.15, 0.2) is 53.7 Å². The van der Waals surface area contributed by atoms with E-state index >= 15 is 0 Å². The van der Waals surface area contributed by atoms with E-state index in [2.05, 4.69) is 44.5 Å². The molecule has 1 aromatic carbocycles. The van der Waals surface area contributed by atoms with Crippen molar-refractivity contribution in [2.45, 2.75) is 32.7 Å². The molecule has 2 fully saturated rings. The average Bonchev–Trinajstić information content (AvgIpc) is 2.76. The summed E-state index contributed by atoms with van der Waals surface area (Å²) in [6.45, 7) is 7.15. The highest BCUT2D eigenvalue weighted by Gasteiger charge is 2.25. The first kappa shape index (κ1) is 21.2. The highest BCUT2D eigenvalue weighted by atomic mass is 16.1. The van der Waals surface area contributed by atoms with Gasteiger partial charge in [0.15, 0.2) is 5.96 Å². The summed E-state index contributed by atoms with van der Waals surface area (Å²) in [6.07, 6.45) is 5.02. The topological polar surface area (TPSA) is 72.9 Å². The minimum atomic E-state index is 0.144. The lowest BCUT2D eigenvalue weighted by atomic mass is 9.85. The summed E-state index contributed by atoms with van der Waals surface area (Å²) in [7, 11) is 0. The fraction of sp³-hybridized carbons (Fsp3) is 0.458. The van der Waals surface area contributed by atoms with E-state index in [-0.39, 0.29) is 11.8 Å². The third-order valence-electron chi connectivity index (χ3n) is 5.97. The van der Waals surface area contributed by atoms with Crippen LogP contribution >= 0.6 is 0 Å². The van der Waals surface area contributed by atoms with Crippen molar-refractivity contribution in [3.05, 3.63) is 54.2 Å². The van der Waals surface area contributed by atoms with Gasteiger partial charge in [-0.3, -0.25) is 4.79 Å². The zero-order valence-corrected chi connectivity index (χ0v) is 18.3. The normalized spacial score (nSPS) is 17.3. The number of hydrogen-bond donors (Lipinski definition) is 2. The van der Waals surface area contributed by atoms with E-state index in [4.69, 9.17) is 4.99 Å². The molecule has 0 spiro atoms. The van der Waals surface area contributed by atoms with Gasteiger partial charge >= 0.3 is 0 Å². The largest absolute Gasteiger partial charge is 0.357 e. The fourth-order valence-electron chi connectivity index (χ4n) is 3.94. The van der Waals surface area contributed by atoms with E-state index in [0.29, 0.717) is 6.54 Å². The molecule has 1 amide bonds. The van der Waals surface area contributed by atoms with Gasteiger partial charge in [0.1, 0.15) is 5.82 Å². The molecule has 31 heavy (non-hydrogen) atoms. The van der Waals surface area contributed by atoms with Crippen LogP contribution in [-0.4, -0.2) is 54.5 Å². The molecular formula is C24H32N6O. The molecular weight excluding hydrogens is 388 g/mol. The molecule has 0 unspecified atom stereocenters. The Labute approximate surface area is 184 Å². The Bertz CT molecular complexity index is 888. The molecule has 1 saturated heterocycles. The molecule has 1 aromatic heterocycles. The van der Waals surface area contributed by atoms with Crippen LogP contribution in [0.1, 0.15) is 31.7 Å². The van der Waals surface area contributed by atoms with Gasteiger partial charge in [0.25, 0.3) is 0 Å². The minimum Gasteiger partial charge on any atom is -0.357 e. The van der Waals surface area contributed by atoms with Crippen molar-refractivity contribution in [2.75, 3.05) is 42.9 Å². The zero-order valence-electron chi connectivity index (χ0n) is 18.3. The molecule has 2 heterocycles. The molecule has 2 aromatic rings. The van der Waals surface area contributed by atoms with Crippen LogP contribution in [0.2, 0.25) is 0 Å². The summed E-state index contributed by atoms with van der Waals surface area (Å²) in [5.74, 6) is 2.30. The van der Waals surface area contributed by atoms with Crippen LogP contribution in [0, 0.1) is 5.92 Å². The second-order valence-electron chi connectivity index (χ2n) is 8.15. The van der Waals surface area contributed by atoms with Crippen molar-refractivity contribution in [3.8, 4) is 0 Å². The first-order valence-electron chi connectivity index (χ1n) is 11.3. The van der Waals surface area contributed by atoms with Crippen molar-refractivity contribution in [2.24, 2.45) is 10.9 Å². The smallest absolute Gasteiger partial charge is 0.227 e. The van der Waals surface area contributed by atoms with Crippen molar-refractivity contribution in [1.29, 1.82) is 0 Å². The second kappa shape index (κ2) is 10.3. The number of piperazine rings is 1. The van der Waals surface area contributed by atoms with E-state index in [9.17, 15) is 4.79 Å². The zero-order chi connectivity index (χ0) is 21.5. The van der Waals surface area contributed by atoms with Crippen LogP contribution in [0.4, 0.5) is 11.5 Å². The number of aromatic nitrogens is 1. The SMILES string of the molecule is CCNC(=NCc1cccc(NC(=O)C2CCC2)c1)N1CCN(c2ccccn2)CC1. The highest BCUT2D eigenvalue weighted by Crippen LogP contribution is 2.27. The average molecular weight is 421 g/mol. The number of rotatable bonds is 6. The predicted octanol–water partition coefficient (Wildman–Crippen LogP) is 3.11. The Balaban J connectivity index is 1.36. The van der Waals surface area contributed by atoms with E-state index in [1.165, 1.54) is 0 Å². The number of carbonyl (C=O) groups is 1. The quantitative estimate of drug-likeness (QED) is 0.555. The van der Waals surface area contributed by atoms with E-state index in [0.717, 1.165) is 75.0 Å². The van der Waals surface area contributed by atoms with Crippen LogP contribution in [0.5, 0.6) is 0 Å². The Morgan fingerprint density at radius 1 is 1.13 bits per heavy atom. The molecule has 164 valence electrons. The number of pyridine rings is 1. The second-order valence-corrected chi connectivity index (χ2v) is 8.15. The van der Waals surface area contributed by atoms with Crippen molar-refractivity contribution >= 4 is 23.4 Å².